The highest BCUT2D eigenvalue weighted by Crippen LogP contribution is 2.06. The van der Waals surface area contributed by atoms with Crippen LogP contribution >= 0.6 is 11.3 Å². The first-order valence-corrected chi connectivity index (χ1v) is 7.09. The fourth-order valence-corrected chi connectivity index (χ4v) is 2.29. The molecule has 19 heavy (non-hydrogen) atoms. The second-order valence-corrected chi connectivity index (χ2v) is 4.74. The smallest absolute Gasteiger partial charge is 0.271 e. The molecule has 6 heteroatoms. The van der Waals surface area contributed by atoms with Gasteiger partial charge in [-0.25, -0.2) is 4.98 Å². The number of amides is 1. The Morgan fingerprint density at radius 2 is 2.32 bits per heavy atom. The molecule has 1 amide bonds. The van der Waals surface area contributed by atoms with Gasteiger partial charge in [0, 0.05) is 13.1 Å². The van der Waals surface area contributed by atoms with Gasteiger partial charge in [-0.05, 0) is 35.7 Å². The largest absolute Gasteiger partial charge is 0.369 e. The molecule has 2 rings (SSSR count). The zero-order valence-corrected chi connectivity index (χ0v) is 11.5. The Morgan fingerprint density at radius 3 is 3.05 bits per heavy atom. The van der Waals surface area contributed by atoms with Crippen molar-refractivity contribution >= 4 is 23.1 Å². The van der Waals surface area contributed by atoms with Crippen LogP contribution in [0.25, 0.3) is 0 Å². The van der Waals surface area contributed by atoms with Gasteiger partial charge < -0.3 is 10.6 Å². The van der Waals surface area contributed by atoms with E-state index < -0.39 is 0 Å². The quantitative estimate of drug-likeness (QED) is 0.846. The predicted molar refractivity (Wildman–Crippen MR) is 76.6 cm³/mol. The average Bonchev–Trinajstić information content (AvgIpc) is 2.92. The summed E-state index contributed by atoms with van der Waals surface area (Å²) in [6.07, 6.45) is 3.90. The number of anilines is 1. The van der Waals surface area contributed by atoms with E-state index in [9.17, 15) is 4.79 Å². The number of carbonyl (C=O) groups excluding carboxylic acids is 1. The minimum Gasteiger partial charge on any atom is -0.369 e. The van der Waals surface area contributed by atoms with Gasteiger partial charge in [-0.2, -0.15) is 11.3 Å². The minimum absolute atomic E-state index is 0.192. The van der Waals surface area contributed by atoms with Crippen molar-refractivity contribution in [3.05, 3.63) is 40.5 Å². The molecule has 0 bridgehead atoms. The van der Waals surface area contributed by atoms with E-state index in [2.05, 4.69) is 32.0 Å². The molecular formula is C13H16N4OS. The zero-order chi connectivity index (χ0) is 13.5. The Bertz CT molecular complexity index is 527. The third kappa shape index (κ3) is 4.03. The van der Waals surface area contributed by atoms with Crippen LogP contribution in [0, 0.1) is 0 Å². The summed E-state index contributed by atoms with van der Waals surface area (Å²) in [6, 6.07) is 2.06. The standard InChI is InChI=1S/C13H16N4OS/c1-2-15-12-8-14-7-11(17-12)13(18)16-5-3-10-4-6-19-9-10/h4,6-9H,2-3,5H2,1H3,(H,15,17)(H,16,18). The highest BCUT2D eigenvalue weighted by atomic mass is 32.1. The fourth-order valence-electron chi connectivity index (χ4n) is 1.59. The van der Waals surface area contributed by atoms with Crippen LogP contribution in [0.1, 0.15) is 23.0 Å². The van der Waals surface area contributed by atoms with Gasteiger partial charge in [0.15, 0.2) is 0 Å². The number of carbonyl (C=O) groups is 1. The van der Waals surface area contributed by atoms with Gasteiger partial charge in [-0.15, -0.1) is 0 Å². The Morgan fingerprint density at radius 1 is 1.42 bits per heavy atom. The number of thiophene rings is 1. The first-order chi connectivity index (χ1) is 9.29. The fraction of sp³-hybridized carbons (Fsp3) is 0.308. The number of aromatic nitrogens is 2. The summed E-state index contributed by atoms with van der Waals surface area (Å²) in [7, 11) is 0. The molecule has 0 aliphatic carbocycles. The van der Waals surface area contributed by atoms with Crippen LogP contribution in [-0.2, 0) is 6.42 Å². The molecule has 0 fully saturated rings. The highest BCUT2D eigenvalue weighted by Gasteiger charge is 2.08. The van der Waals surface area contributed by atoms with Gasteiger partial charge in [0.2, 0.25) is 0 Å². The van der Waals surface area contributed by atoms with E-state index in [-0.39, 0.29) is 5.91 Å². The van der Waals surface area contributed by atoms with Gasteiger partial charge in [0.25, 0.3) is 5.91 Å². The van der Waals surface area contributed by atoms with E-state index >= 15 is 0 Å². The number of rotatable bonds is 6. The monoisotopic (exact) mass is 276 g/mol. The molecule has 0 saturated carbocycles. The molecule has 0 aliphatic rings. The summed E-state index contributed by atoms with van der Waals surface area (Å²) in [4.78, 5) is 20.1. The third-order valence-corrected chi connectivity index (χ3v) is 3.24. The normalized spacial score (nSPS) is 10.2. The Labute approximate surface area is 116 Å². The van der Waals surface area contributed by atoms with Crippen molar-refractivity contribution in [2.45, 2.75) is 13.3 Å². The van der Waals surface area contributed by atoms with Crippen LogP contribution in [0.15, 0.2) is 29.2 Å². The molecule has 0 unspecified atom stereocenters. The first kappa shape index (κ1) is 13.5. The van der Waals surface area contributed by atoms with Gasteiger partial charge in [-0.1, -0.05) is 0 Å². The van der Waals surface area contributed by atoms with Crippen LogP contribution in [-0.4, -0.2) is 29.0 Å². The van der Waals surface area contributed by atoms with E-state index in [0.717, 1.165) is 13.0 Å². The summed E-state index contributed by atoms with van der Waals surface area (Å²) in [5.74, 6) is 0.426. The van der Waals surface area contributed by atoms with Gasteiger partial charge in [0.05, 0.1) is 12.4 Å². The lowest BCUT2D eigenvalue weighted by Crippen LogP contribution is -2.26. The number of nitrogens with one attached hydrogen (secondary N) is 2. The molecule has 0 saturated heterocycles. The maximum absolute atomic E-state index is 11.9. The lowest BCUT2D eigenvalue weighted by molar-refractivity contribution is 0.0949. The molecule has 0 spiro atoms. The Kier molecular flexibility index (Phi) is 4.85. The summed E-state index contributed by atoms with van der Waals surface area (Å²) >= 11 is 1.66. The van der Waals surface area contributed by atoms with Crippen molar-refractivity contribution in [1.82, 2.24) is 15.3 Å². The predicted octanol–water partition coefficient (Wildman–Crippen LogP) is 1.94. The van der Waals surface area contributed by atoms with E-state index in [0.29, 0.717) is 18.1 Å². The molecule has 0 atom stereocenters. The van der Waals surface area contributed by atoms with E-state index in [1.165, 1.54) is 11.8 Å². The number of nitrogens with zero attached hydrogens (tertiary/aromatic N) is 2. The minimum atomic E-state index is -0.192. The summed E-state index contributed by atoms with van der Waals surface area (Å²) in [6.45, 7) is 3.32. The van der Waals surface area contributed by atoms with Crippen LogP contribution < -0.4 is 10.6 Å². The molecule has 0 aliphatic heterocycles. The van der Waals surface area contributed by atoms with E-state index in [4.69, 9.17) is 0 Å². The molecule has 5 nitrogen and oxygen atoms in total. The second kappa shape index (κ2) is 6.84. The van der Waals surface area contributed by atoms with Gasteiger partial charge in [-0.3, -0.25) is 9.78 Å². The number of hydrogen-bond donors (Lipinski definition) is 2. The Hall–Kier alpha value is -1.95. The van der Waals surface area contributed by atoms with Crippen LogP contribution in [0.4, 0.5) is 5.82 Å². The lowest BCUT2D eigenvalue weighted by atomic mass is 10.2. The SMILES string of the molecule is CCNc1cncc(C(=O)NCCc2ccsc2)n1. The molecule has 0 aromatic carbocycles. The van der Waals surface area contributed by atoms with Gasteiger partial charge >= 0.3 is 0 Å². The topological polar surface area (TPSA) is 66.9 Å². The molecule has 2 heterocycles. The van der Waals surface area contributed by atoms with E-state index in [1.807, 2.05) is 12.3 Å². The van der Waals surface area contributed by atoms with Crippen molar-refractivity contribution in [3.8, 4) is 0 Å². The molecule has 0 radical (unpaired) electrons. The van der Waals surface area contributed by atoms with E-state index in [1.54, 1.807) is 17.5 Å². The third-order valence-electron chi connectivity index (χ3n) is 2.50. The molecule has 2 N–H and O–H groups in total. The number of hydrogen-bond acceptors (Lipinski definition) is 5. The zero-order valence-electron chi connectivity index (χ0n) is 10.7. The summed E-state index contributed by atoms with van der Waals surface area (Å²) in [5.41, 5.74) is 1.57. The molecule has 100 valence electrons. The average molecular weight is 276 g/mol. The van der Waals surface area contributed by atoms with Gasteiger partial charge in [0.1, 0.15) is 11.5 Å². The Balaban J connectivity index is 1.87. The maximum Gasteiger partial charge on any atom is 0.271 e. The molecule has 2 aromatic heterocycles. The van der Waals surface area contributed by atoms with Crippen molar-refractivity contribution in [1.29, 1.82) is 0 Å². The summed E-state index contributed by atoms with van der Waals surface area (Å²) in [5, 5.41) is 9.98. The van der Waals surface area contributed by atoms with Crippen molar-refractivity contribution in [2.24, 2.45) is 0 Å². The first-order valence-electron chi connectivity index (χ1n) is 6.14. The van der Waals surface area contributed by atoms with Crippen LogP contribution in [0.3, 0.4) is 0 Å². The van der Waals surface area contributed by atoms with Crippen molar-refractivity contribution < 1.29 is 4.79 Å². The van der Waals surface area contributed by atoms with Crippen molar-refractivity contribution in [3.63, 3.8) is 0 Å². The molecular weight excluding hydrogens is 260 g/mol. The summed E-state index contributed by atoms with van der Waals surface area (Å²) < 4.78 is 0. The van der Waals surface area contributed by atoms with Crippen LogP contribution in [0.2, 0.25) is 0 Å². The van der Waals surface area contributed by atoms with Crippen molar-refractivity contribution in [2.75, 3.05) is 18.4 Å². The second-order valence-electron chi connectivity index (χ2n) is 3.96. The lowest BCUT2D eigenvalue weighted by Gasteiger charge is -2.06. The highest BCUT2D eigenvalue weighted by molar-refractivity contribution is 7.07. The maximum atomic E-state index is 11.9. The van der Waals surface area contributed by atoms with Crippen LogP contribution in [0.5, 0.6) is 0 Å². The molecule has 2 aromatic rings.